The molecular weight excluding hydrogens is 274 g/mol. The van der Waals surface area contributed by atoms with Gasteiger partial charge in [0.2, 0.25) is 0 Å². The number of hydrogen-bond donors (Lipinski definition) is 1. The van der Waals surface area contributed by atoms with Crippen molar-refractivity contribution in [2.45, 2.75) is 43.7 Å². The van der Waals surface area contributed by atoms with E-state index in [2.05, 4.69) is 6.07 Å². The van der Waals surface area contributed by atoms with Crippen LogP contribution in [0.15, 0.2) is 24.3 Å². The molecule has 2 N–H and O–H groups in total. The summed E-state index contributed by atoms with van der Waals surface area (Å²) in [6.07, 6.45) is 5.41. The average Bonchev–Trinajstić information content (AvgIpc) is 2.38. The molecule has 0 radical (unpaired) electrons. The summed E-state index contributed by atoms with van der Waals surface area (Å²) in [4.78, 5) is 0. The highest BCUT2D eigenvalue weighted by atomic mass is 32.2. The quantitative estimate of drug-likeness (QED) is 0.925. The number of nitrogens with two attached hydrogens (primary N) is 1. The monoisotopic (exact) mass is 295 g/mol. The van der Waals surface area contributed by atoms with Gasteiger partial charge in [-0.3, -0.25) is 0 Å². The van der Waals surface area contributed by atoms with Crippen LogP contribution < -0.4 is 10.5 Å². The number of hydrogen-bond acceptors (Lipinski definition) is 4. The van der Waals surface area contributed by atoms with Crippen LogP contribution in [0.2, 0.25) is 0 Å². The zero-order valence-electron chi connectivity index (χ0n) is 11.5. The predicted molar refractivity (Wildman–Crippen MR) is 78.5 cm³/mol. The number of sulfone groups is 1. The number of rotatable bonds is 3. The van der Waals surface area contributed by atoms with E-state index in [1.807, 2.05) is 18.2 Å². The van der Waals surface area contributed by atoms with E-state index in [0.717, 1.165) is 24.2 Å². The third kappa shape index (κ3) is 2.83. The summed E-state index contributed by atoms with van der Waals surface area (Å²) in [6.45, 7) is 0. The number of benzene rings is 1. The minimum absolute atomic E-state index is 0.130. The second kappa shape index (κ2) is 5.04. The highest BCUT2D eigenvalue weighted by molar-refractivity contribution is 7.92. The van der Waals surface area contributed by atoms with Crippen molar-refractivity contribution in [3.05, 3.63) is 29.8 Å². The molecular formula is C15H21NO3S. The van der Waals surface area contributed by atoms with Crippen LogP contribution in [0.25, 0.3) is 0 Å². The summed E-state index contributed by atoms with van der Waals surface area (Å²) < 4.78 is 28.0. The van der Waals surface area contributed by atoms with Crippen LogP contribution in [0.5, 0.6) is 5.75 Å². The van der Waals surface area contributed by atoms with E-state index in [9.17, 15) is 8.42 Å². The molecule has 20 heavy (non-hydrogen) atoms. The van der Waals surface area contributed by atoms with Gasteiger partial charge in [-0.2, -0.15) is 0 Å². The summed E-state index contributed by atoms with van der Waals surface area (Å²) in [6, 6.07) is 7.85. The molecule has 1 heterocycles. The summed E-state index contributed by atoms with van der Waals surface area (Å²) in [5.74, 6) is 0.994. The zero-order chi connectivity index (χ0) is 14.2. The predicted octanol–water partition coefficient (Wildman–Crippen LogP) is 1.98. The molecule has 0 spiro atoms. The van der Waals surface area contributed by atoms with Crippen LogP contribution in [0.1, 0.15) is 37.7 Å². The Kier molecular flexibility index (Phi) is 3.50. The normalized spacial score (nSPS) is 24.9. The van der Waals surface area contributed by atoms with Crippen molar-refractivity contribution < 1.29 is 13.2 Å². The van der Waals surface area contributed by atoms with Crippen molar-refractivity contribution in [3.8, 4) is 5.75 Å². The van der Waals surface area contributed by atoms with Gasteiger partial charge in [0, 0.05) is 5.54 Å². The zero-order valence-corrected chi connectivity index (χ0v) is 12.4. The fourth-order valence-electron chi connectivity index (χ4n) is 3.13. The Morgan fingerprint density at radius 3 is 2.50 bits per heavy atom. The molecule has 1 aliphatic heterocycles. The van der Waals surface area contributed by atoms with Crippen LogP contribution >= 0.6 is 0 Å². The van der Waals surface area contributed by atoms with Gasteiger partial charge < -0.3 is 10.5 Å². The molecule has 1 aromatic carbocycles. The maximum Gasteiger partial charge on any atom is 0.157 e. The molecule has 0 atom stereocenters. The Morgan fingerprint density at radius 1 is 1.15 bits per heavy atom. The molecule has 2 fully saturated rings. The third-order valence-corrected chi connectivity index (χ3v) is 6.10. The maximum atomic E-state index is 11.2. The van der Waals surface area contributed by atoms with Crippen molar-refractivity contribution in [1.82, 2.24) is 0 Å². The van der Waals surface area contributed by atoms with Gasteiger partial charge in [0.05, 0.1) is 11.5 Å². The standard InChI is InChI=1S/C15H21NO3S/c16-15(7-2-1-3-8-15)12-5-4-6-13(9-12)19-14-10-20(17,18)11-14/h4-6,9,14H,1-3,7-8,10-11,16H2. The second-order valence-corrected chi connectivity index (χ2v) is 8.22. The SMILES string of the molecule is NC1(c2cccc(OC3CS(=O)(=O)C3)c2)CCCCC1. The van der Waals surface area contributed by atoms with Gasteiger partial charge in [0.15, 0.2) is 9.84 Å². The molecule has 0 aromatic heterocycles. The van der Waals surface area contributed by atoms with Crippen molar-refractivity contribution >= 4 is 9.84 Å². The van der Waals surface area contributed by atoms with Gasteiger partial charge in [-0.05, 0) is 30.5 Å². The fraction of sp³-hybridized carbons (Fsp3) is 0.600. The largest absolute Gasteiger partial charge is 0.488 e. The van der Waals surface area contributed by atoms with Crippen LogP contribution in [0.3, 0.4) is 0 Å². The van der Waals surface area contributed by atoms with Gasteiger partial charge in [0.25, 0.3) is 0 Å². The summed E-state index contributed by atoms with van der Waals surface area (Å²) >= 11 is 0. The van der Waals surface area contributed by atoms with Crippen LogP contribution in [-0.2, 0) is 15.4 Å². The van der Waals surface area contributed by atoms with Gasteiger partial charge in [-0.25, -0.2) is 8.42 Å². The fourth-order valence-corrected chi connectivity index (χ4v) is 4.30. The smallest absolute Gasteiger partial charge is 0.157 e. The van der Waals surface area contributed by atoms with Gasteiger partial charge in [-0.15, -0.1) is 0 Å². The lowest BCUT2D eigenvalue weighted by molar-refractivity contribution is 0.228. The highest BCUT2D eigenvalue weighted by Gasteiger charge is 2.35. The van der Waals surface area contributed by atoms with Crippen molar-refractivity contribution in [3.63, 3.8) is 0 Å². The molecule has 1 aliphatic carbocycles. The van der Waals surface area contributed by atoms with Gasteiger partial charge in [-0.1, -0.05) is 31.4 Å². The van der Waals surface area contributed by atoms with Crippen LogP contribution in [0, 0.1) is 0 Å². The highest BCUT2D eigenvalue weighted by Crippen LogP contribution is 2.36. The van der Waals surface area contributed by atoms with E-state index in [4.69, 9.17) is 10.5 Å². The molecule has 1 saturated heterocycles. The van der Waals surface area contributed by atoms with Crippen LogP contribution in [0.4, 0.5) is 0 Å². The van der Waals surface area contributed by atoms with E-state index < -0.39 is 9.84 Å². The summed E-state index contributed by atoms with van der Waals surface area (Å²) in [5, 5.41) is 0. The molecule has 1 saturated carbocycles. The molecule has 110 valence electrons. The lowest BCUT2D eigenvalue weighted by Crippen LogP contribution is -2.45. The van der Waals surface area contributed by atoms with Gasteiger partial charge >= 0.3 is 0 Å². The molecule has 1 aromatic rings. The first kappa shape index (κ1) is 13.9. The molecule has 3 rings (SSSR count). The maximum absolute atomic E-state index is 11.2. The number of ether oxygens (including phenoxy) is 1. The Labute approximate surface area is 120 Å². The molecule has 2 aliphatic rings. The first-order valence-electron chi connectivity index (χ1n) is 7.23. The summed E-state index contributed by atoms with van der Waals surface area (Å²) in [7, 11) is -2.84. The first-order valence-corrected chi connectivity index (χ1v) is 9.06. The second-order valence-electron chi connectivity index (χ2n) is 6.06. The Bertz CT molecular complexity index is 579. The molecule has 0 unspecified atom stereocenters. The Morgan fingerprint density at radius 2 is 1.85 bits per heavy atom. The van der Waals surface area contributed by atoms with Gasteiger partial charge in [0.1, 0.15) is 11.9 Å². The minimum atomic E-state index is -2.84. The minimum Gasteiger partial charge on any atom is -0.488 e. The molecule has 0 bridgehead atoms. The van der Waals surface area contributed by atoms with E-state index in [0.29, 0.717) is 0 Å². The van der Waals surface area contributed by atoms with Crippen molar-refractivity contribution in [1.29, 1.82) is 0 Å². The van der Waals surface area contributed by atoms with E-state index >= 15 is 0 Å². The van der Waals surface area contributed by atoms with E-state index in [1.54, 1.807) is 0 Å². The Balaban J connectivity index is 1.73. The Hall–Kier alpha value is -1.07. The average molecular weight is 295 g/mol. The van der Waals surface area contributed by atoms with E-state index in [-0.39, 0.29) is 23.1 Å². The topological polar surface area (TPSA) is 69.4 Å². The van der Waals surface area contributed by atoms with E-state index in [1.165, 1.54) is 19.3 Å². The summed E-state index contributed by atoms with van der Waals surface area (Å²) in [5.41, 5.74) is 7.38. The first-order chi connectivity index (χ1) is 9.47. The molecule has 0 amide bonds. The lowest BCUT2D eigenvalue weighted by Gasteiger charge is -2.34. The van der Waals surface area contributed by atoms with Crippen molar-refractivity contribution in [2.75, 3.05) is 11.5 Å². The van der Waals surface area contributed by atoms with Crippen LogP contribution in [-0.4, -0.2) is 26.0 Å². The third-order valence-electron chi connectivity index (χ3n) is 4.34. The van der Waals surface area contributed by atoms with Crippen molar-refractivity contribution in [2.24, 2.45) is 5.73 Å². The molecule has 4 nitrogen and oxygen atoms in total. The molecule has 5 heteroatoms. The lowest BCUT2D eigenvalue weighted by atomic mass is 9.77.